The fourth-order valence-electron chi connectivity index (χ4n) is 1.68. The summed E-state index contributed by atoms with van der Waals surface area (Å²) in [5.74, 6) is 0.663. The largest absolute Gasteiger partial charge is 0.494 e. The lowest BCUT2D eigenvalue weighted by Gasteiger charge is -2.09. The third-order valence-corrected chi connectivity index (χ3v) is 3.86. The topological polar surface area (TPSA) is 61.0 Å². The third kappa shape index (κ3) is 2.78. The standard InChI is InChI=1S/C13H13FIN3O/c1-3-9-11(15)12(16)18-13(17-9)7-4-5-8(14)10(6-7)19-2/h4-6H,3H2,1-2H3,(H2,16,17,18). The van der Waals surface area contributed by atoms with Crippen LogP contribution in [0.15, 0.2) is 18.2 Å². The number of hydrogen-bond donors (Lipinski definition) is 1. The molecule has 19 heavy (non-hydrogen) atoms. The number of aromatic nitrogens is 2. The van der Waals surface area contributed by atoms with E-state index in [9.17, 15) is 4.39 Å². The molecule has 0 fully saturated rings. The molecule has 0 saturated heterocycles. The van der Waals surface area contributed by atoms with E-state index >= 15 is 0 Å². The van der Waals surface area contributed by atoms with Gasteiger partial charge in [0.2, 0.25) is 0 Å². The number of nitrogens with two attached hydrogens (primary N) is 1. The molecule has 2 rings (SSSR count). The number of nitrogens with zero attached hydrogens (tertiary/aromatic N) is 2. The molecule has 2 aromatic rings. The Morgan fingerprint density at radius 2 is 2.11 bits per heavy atom. The average Bonchev–Trinajstić information content (AvgIpc) is 2.42. The Bertz CT molecular complexity index is 619. The highest BCUT2D eigenvalue weighted by Crippen LogP contribution is 2.26. The first-order chi connectivity index (χ1) is 9.06. The number of nitrogen functional groups attached to an aromatic ring is 1. The van der Waals surface area contributed by atoms with Crippen LogP contribution in [0.5, 0.6) is 5.75 Å². The molecular formula is C13H13FIN3O. The highest BCUT2D eigenvalue weighted by molar-refractivity contribution is 14.1. The molecule has 0 amide bonds. The van der Waals surface area contributed by atoms with Gasteiger partial charge in [-0.2, -0.15) is 0 Å². The van der Waals surface area contributed by atoms with Gasteiger partial charge in [-0.25, -0.2) is 14.4 Å². The number of benzene rings is 1. The van der Waals surface area contributed by atoms with Crippen molar-refractivity contribution in [2.75, 3.05) is 12.8 Å². The number of methoxy groups -OCH3 is 1. The normalized spacial score (nSPS) is 10.5. The lowest BCUT2D eigenvalue weighted by atomic mass is 10.2. The smallest absolute Gasteiger partial charge is 0.165 e. The van der Waals surface area contributed by atoms with E-state index in [0.29, 0.717) is 17.2 Å². The fraction of sp³-hybridized carbons (Fsp3) is 0.231. The minimum absolute atomic E-state index is 0.163. The maximum atomic E-state index is 13.4. The molecule has 1 aromatic heterocycles. The predicted molar refractivity (Wildman–Crippen MR) is 80.5 cm³/mol. The molecule has 0 spiro atoms. The quantitative estimate of drug-likeness (QED) is 0.841. The van der Waals surface area contributed by atoms with Gasteiger partial charge in [-0.1, -0.05) is 6.92 Å². The molecule has 4 nitrogen and oxygen atoms in total. The number of anilines is 1. The molecule has 0 saturated carbocycles. The number of rotatable bonds is 3. The van der Waals surface area contributed by atoms with Gasteiger partial charge in [0.25, 0.3) is 0 Å². The van der Waals surface area contributed by atoms with Gasteiger partial charge in [-0.05, 0) is 47.2 Å². The van der Waals surface area contributed by atoms with Crippen molar-refractivity contribution in [2.45, 2.75) is 13.3 Å². The van der Waals surface area contributed by atoms with Crippen LogP contribution in [0.25, 0.3) is 11.4 Å². The van der Waals surface area contributed by atoms with E-state index in [1.165, 1.54) is 13.2 Å². The summed E-state index contributed by atoms with van der Waals surface area (Å²) in [5, 5.41) is 0. The van der Waals surface area contributed by atoms with Gasteiger partial charge in [-0.15, -0.1) is 0 Å². The summed E-state index contributed by atoms with van der Waals surface area (Å²) in [6.07, 6.45) is 0.760. The van der Waals surface area contributed by atoms with Gasteiger partial charge in [0.05, 0.1) is 16.4 Å². The van der Waals surface area contributed by atoms with Gasteiger partial charge in [0, 0.05) is 5.56 Å². The number of ether oxygens (including phenoxy) is 1. The maximum Gasteiger partial charge on any atom is 0.165 e. The Morgan fingerprint density at radius 3 is 2.74 bits per heavy atom. The predicted octanol–water partition coefficient (Wildman–Crippen LogP) is 3.04. The van der Waals surface area contributed by atoms with Gasteiger partial charge in [0.15, 0.2) is 17.4 Å². The lowest BCUT2D eigenvalue weighted by molar-refractivity contribution is 0.387. The van der Waals surface area contributed by atoms with Crippen molar-refractivity contribution in [3.05, 3.63) is 33.3 Å². The first kappa shape index (κ1) is 14.0. The average molecular weight is 373 g/mol. The summed E-state index contributed by atoms with van der Waals surface area (Å²) in [4.78, 5) is 8.69. The molecular weight excluding hydrogens is 360 g/mol. The second-order valence-corrected chi connectivity index (χ2v) is 4.97. The van der Waals surface area contributed by atoms with Crippen LogP contribution in [0.2, 0.25) is 0 Å². The van der Waals surface area contributed by atoms with E-state index in [1.807, 2.05) is 6.92 Å². The highest BCUT2D eigenvalue weighted by Gasteiger charge is 2.12. The van der Waals surface area contributed by atoms with Gasteiger partial charge in [-0.3, -0.25) is 0 Å². The third-order valence-electron chi connectivity index (χ3n) is 2.69. The van der Waals surface area contributed by atoms with Crippen LogP contribution in [-0.4, -0.2) is 17.1 Å². The molecule has 0 aliphatic heterocycles. The Kier molecular flexibility index (Phi) is 4.18. The molecule has 1 heterocycles. The summed E-state index contributed by atoms with van der Waals surface area (Å²) < 4.78 is 19.2. The van der Waals surface area contributed by atoms with Crippen molar-refractivity contribution in [1.82, 2.24) is 9.97 Å². The van der Waals surface area contributed by atoms with Crippen LogP contribution in [0.4, 0.5) is 10.2 Å². The van der Waals surface area contributed by atoms with E-state index in [4.69, 9.17) is 10.5 Å². The van der Waals surface area contributed by atoms with Gasteiger partial charge >= 0.3 is 0 Å². The van der Waals surface area contributed by atoms with Crippen LogP contribution in [0.1, 0.15) is 12.6 Å². The monoisotopic (exact) mass is 373 g/mol. The summed E-state index contributed by atoms with van der Waals surface area (Å²) in [6.45, 7) is 2.00. The highest BCUT2D eigenvalue weighted by atomic mass is 127. The Hall–Kier alpha value is -1.44. The van der Waals surface area contributed by atoms with Crippen molar-refractivity contribution >= 4 is 28.4 Å². The number of hydrogen-bond acceptors (Lipinski definition) is 4. The van der Waals surface area contributed by atoms with Gasteiger partial charge in [0.1, 0.15) is 5.82 Å². The van der Waals surface area contributed by atoms with Crippen LogP contribution >= 0.6 is 22.6 Å². The Labute approximate surface area is 124 Å². The summed E-state index contributed by atoms with van der Waals surface area (Å²) in [6, 6.07) is 4.51. The molecule has 6 heteroatoms. The summed E-state index contributed by atoms with van der Waals surface area (Å²) in [5.41, 5.74) is 7.43. The molecule has 0 bridgehead atoms. The van der Waals surface area contributed by atoms with Crippen molar-refractivity contribution in [3.63, 3.8) is 0 Å². The number of halogens is 2. The molecule has 0 radical (unpaired) electrons. The zero-order chi connectivity index (χ0) is 14.0. The molecule has 0 atom stereocenters. The molecule has 1 aromatic carbocycles. The minimum atomic E-state index is -0.416. The van der Waals surface area contributed by atoms with E-state index in [1.54, 1.807) is 12.1 Å². The Balaban J connectivity index is 2.55. The second-order valence-electron chi connectivity index (χ2n) is 3.90. The zero-order valence-electron chi connectivity index (χ0n) is 10.6. The summed E-state index contributed by atoms with van der Waals surface area (Å²) >= 11 is 2.13. The zero-order valence-corrected chi connectivity index (χ0v) is 12.7. The van der Waals surface area contributed by atoms with E-state index in [-0.39, 0.29) is 5.75 Å². The first-order valence-corrected chi connectivity index (χ1v) is 6.80. The lowest BCUT2D eigenvalue weighted by Crippen LogP contribution is -2.04. The second kappa shape index (κ2) is 5.68. The first-order valence-electron chi connectivity index (χ1n) is 5.72. The SMILES string of the molecule is CCc1nc(-c2ccc(F)c(OC)c2)nc(N)c1I. The van der Waals surface area contributed by atoms with Crippen LogP contribution in [0, 0.1) is 9.39 Å². The summed E-state index contributed by atoms with van der Waals surface area (Å²) in [7, 11) is 1.42. The molecule has 0 aliphatic carbocycles. The van der Waals surface area contributed by atoms with Crippen LogP contribution < -0.4 is 10.5 Å². The van der Waals surface area contributed by atoms with Gasteiger partial charge < -0.3 is 10.5 Å². The fourth-order valence-corrected chi connectivity index (χ4v) is 2.30. The molecule has 0 aliphatic rings. The minimum Gasteiger partial charge on any atom is -0.494 e. The maximum absolute atomic E-state index is 13.4. The van der Waals surface area contributed by atoms with Crippen molar-refractivity contribution in [2.24, 2.45) is 0 Å². The number of aryl methyl sites for hydroxylation is 1. The van der Waals surface area contributed by atoms with Crippen molar-refractivity contribution in [3.8, 4) is 17.1 Å². The Morgan fingerprint density at radius 1 is 1.37 bits per heavy atom. The van der Waals surface area contributed by atoms with Crippen LogP contribution in [-0.2, 0) is 6.42 Å². The van der Waals surface area contributed by atoms with Crippen molar-refractivity contribution < 1.29 is 9.13 Å². The van der Waals surface area contributed by atoms with E-state index < -0.39 is 5.82 Å². The van der Waals surface area contributed by atoms with E-state index in [2.05, 4.69) is 32.6 Å². The molecule has 2 N–H and O–H groups in total. The molecule has 0 unspecified atom stereocenters. The van der Waals surface area contributed by atoms with Crippen molar-refractivity contribution in [1.29, 1.82) is 0 Å². The van der Waals surface area contributed by atoms with Crippen LogP contribution in [0.3, 0.4) is 0 Å². The van der Waals surface area contributed by atoms with E-state index in [0.717, 1.165) is 15.7 Å². The molecule has 100 valence electrons.